The number of alkyl carbamates (subject to hydrolysis) is 1. The van der Waals surface area contributed by atoms with Gasteiger partial charge < -0.3 is 15.0 Å². The van der Waals surface area contributed by atoms with Crippen molar-refractivity contribution in [3.8, 4) is 0 Å². The number of rotatable bonds is 6. The van der Waals surface area contributed by atoms with Gasteiger partial charge in [-0.05, 0) is 32.1 Å². The van der Waals surface area contributed by atoms with Crippen LogP contribution in [-0.2, 0) is 9.53 Å². The van der Waals surface area contributed by atoms with Crippen LogP contribution in [0, 0.1) is 11.8 Å². The predicted molar refractivity (Wildman–Crippen MR) is 83.0 cm³/mol. The number of likely N-dealkylation sites (tertiary alicyclic amines) is 1. The van der Waals surface area contributed by atoms with Crippen LogP contribution < -0.4 is 5.32 Å². The highest BCUT2D eigenvalue weighted by atomic mass is 16.5. The molecule has 1 fully saturated rings. The summed E-state index contributed by atoms with van der Waals surface area (Å²) in [7, 11) is 0. The second kappa shape index (κ2) is 8.90. The molecule has 0 saturated carbocycles. The summed E-state index contributed by atoms with van der Waals surface area (Å²) in [5.41, 5.74) is 0. The Morgan fingerprint density at radius 2 is 1.86 bits per heavy atom. The molecule has 1 aliphatic heterocycles. The normalized spacial score (nSPS) is 22.2. The van der Waals surface area contributed by atoms with Crippen LogP contribution in [0.25, 0.3) is 0 Å². The molecule has 21 heavy (non-hydrogen) atoms. The largest absolute Gasteiger partial charge is 0.450 e. The number of hydrogen-bond acceptors (Lipinski definition) is 3. The lowest BCUT2D eigenvalue weighted by Gasteiger charge is -2.39. The molecule has 2 unspecified atom stereocenters. The van der Waals surface area contributed by atoms with E-state index >= 15 is 0 Å². The number of hydrogen-bond donors (Lipinski definition) is 1. The zero-order valence-electron chi connectivity index (χ0n) is 13.9. The summed E-state index contributed by atoms with van der Waals surface area (Å²) < 4.78 is 4.95. The summed E-state index contributed by atoms with van der Waals surface area (Å²) in [5, 5.41) is 2.89. The Morgan fingerprint density at radius 3 is 2.38 bits per heavy atom. The number of carbonyl (C=O) groups excluding carboxylic acids is 2. The Labute approximate surface area is 128 Å². The highest BCUT2D eigenvalue weighted by molar-refractivity contribution is 5.79. The quantitative estimate of drug-likeness (QED) is 0.820. The van der Waals surface area contributed by atoms with Gasteiger partial charge in [-0.15, -0.1) is 0 Å². The minimum Gasteiger partial charge on any atom is -0.450 e. The van der Waals surface area contributed by atoms with Crippen LogP contribution in [0.3, 0.4) is 0 Å². The highest BCUT2D eigenvalue weighted by Gasteiger charge is 2.32. The van der Waals surface area contributed by atoms with Crippen LogP contribution in [0.15, 0.2) is 0 Å². The fraction of sp³-hybridized carbons (Fsp3) is 0.875. The van der Waals surface area contributed by atoms with Gasteiger partial charge >= 0.3 is 6.09 Å². The van der Waals surface area contributed by atoms with Gasteiger partial charge in [0.15, 0.2) is 0 Å². The molecule has 2 atom stereocenters. The van der Waals surface area contributed by atoms with Crippen molar-refractivity contribution >= 4 is 12.0 Å². The number of nitrogens with one attached hydrogen (secondary N) is 1. The first-order chi connectivity index (χ1) is 10.0. The second-order valence-corrected chi connectivity index (χ2v) is 5.83. The van der Waals surface area contributed by atoms with Gasteiger partial charge in [-0.3, -0.25) is 4.79 Å². The molecular formula is C16H30N2O3. The Morgan fingerprint density at radius 1 is 1.19 bits per heavy atom. The summed E-state index contributed by atoms with van der Waals surface area (Å²) in [4.78, 5) is 26.1. The first-order valence-electron chi connectivity index (χ1n) is 8.27. The van der Waals surface area contributed by atoms with Gasteiger partial charge in [-0.2, -0.15) is 0 Å². The van der Waals surface area contributed by atoms with E-state index in [1.54, 1.807) is 6.92 Å². The van der Waals surface area contributed by atoms with Gasteiger partial charge in [0.2, 0.25) is 5.91 Å². The minimum atomic E-state index is -0.380. The van der Waals surface area contributed by atoms with Crippen LogP contribution in [0.2, 0.25) is 0 Å². The number of amides is 2. The van der Waals surface area contributed by atoms with Crippen LogP contribution >= 0.6 is 0 Å². The third-order valence-electron chi connectivity index (χ3n) is 4.36. The molecule has 5 heteroatoms. The van der Waals surface area contributed by atoms with Crippen LogP contribution in [0.4, 0.5) is 4.79 Å². The zero-order valence-corrected chi connectivity index (χ0v) is 13.9. The lowest BCUT2D eigenvalue weighted by Crippen LogP contribution is -2.53. The first kappa shape index (κ1) is 17.8. The molecule has 5 nitrogen and oxygen atoms in total. The van der Waals surface area contributed by atoms with Crippen molar-refractivity contribution in [1.29, 1.82) is 0 Å². The third kappa shape index (κ3) is 5.21. The second-order valence-electron chi connectivity index (χ2n) is 5.83. The predicted octanol–water partition coefficient (Wildman–Crippen LogP) is 2.80. The third-order valence-corrected chi connectivity index (χ3v) is 4.36. The zero-order chi connectivity index (χ0) is 15.8. The lowest BCUT2D eigenvalue weighted by molar-refractivity contribution is -0.138. The van der Waals surface area contributed by atoms with E-state index in [1.807, 2.05) is 4.90 Å². The lowest BCUT2D eigenvalue weighted by atomic mass is 9.90. The van der Waals surface area contributed by atoms with Crippen molar-refractivity contribution in [2.75, 3.05) is 19.7 Å². The molecule has 1 N–H and O–H groups in total. The monoisotopic (exact) mass is 298 g/mol. The van der Waals surface area contributed by atoms with Crippen LogP contribution in [0.5, 0.6) is 0 Å². The average Bonchev–Trinajstić information content (AvgIpc) is 2.48. The first-order valence-corrected chi connectivity index (χ1v) is 8.27. The van der Waals surface area contributed by atoms with Gasteiger partial charge in [-0.25, -0.2) is 4.79 Å². The van der Waals surface area contributed by atoms with Crippen LogP contribution in [-0.4, -0.2) is 42.6 Å². The van der Waals surface area contributed by atoms with Crippen molar-refractivity contribution in [1.82, 2.24) is 10.2 Å². The van der Waals surface area contributed by atoms with Gasteiger partial charge in [0.05, 0.1) is 12.6 Å². The van der Waals surface area contributed by atoms with E-state index in [9.17, 15) is 9.59 Å². The fourth-order valence-electron chi connectivity index (χ4n) is 3.02. The van der Waals surface area contributed by atoms with Crippen molar-refractivity contribution < 1.29 is 14.3 Å². The summed E-state index contributed by atoms with van der Waals surface area (Å²) in [6.07, 6.45) is 3.31. The van der Waals surface area contributed by atoms with Crippen molar-refractivity contribution in [2.24, 2.45) is 11.8 Å². The molecule has 0 aliphatic carbocycles. The molecule has 0 bridgehead atoms. The fourth-order valence-corrected chi connectivity index (χ4v) is 3.02. The molecule has 0 aromatic rings. The average molecular weight is 298 g/mol. The molecule has 0 radical (unpaired) electrons. The maximum Gasteiger partial charge on any atom is 0.407 e. The van der Waals surface area contributed by atoms with E-state index in [1.165, 1.54) is 0 Å². The van der Waals surface area contributed by atoms with Crippen LogP contribution in [0.1, 0.15) is 53.4 Å². The molecule has 0 aromatic carbocycles. The molecule has 0 aromatic heterocycles. The van der Waals surface area contributed by atoms with E-state index in [4.69, 9.17) is 4.74 Å². The van der Waals surface area contributed by atoms with E-state index in [0.717, 1.165) is 32.2 Å². The molecule has 0 spiro atoms. The highest BCUT2D eigenvalue weighted by Crippen LogP contribution is 2.23. The van der Waals surface area contributed by atoms with Gasteiger partial charge in [-0.1, -0.05) is 27.2 Å². The minimum absolute atomic E-state index is 0.000984. The molecule has 1 aliphatic rings. The van der Waals surface area contributed by atoms with Crippen molar-refractivity contribution in [3.05, 3.63) is 0 Å². The van der Waals surface area contributed by atoms with Crippen molar-refractivity contribution in [3.63, 3.8) is 0 Å². The van der Waals surface area contributed by atoms with Crippen molar-refractivity contribution in [2.45, 2.75) is 59.4 Å². The summed E-state index contributed by atoms with van der Waals surface area (Å²) in [6.45, 7) is 9.82. The van der Waals surface area contributed by atoms with Gasteiger partial charge in [0.25, 0.3) is 0 Å². The molecular weight excluding hydrogens is 268 g/mol. The molecule has 122 valence electrons. The SMILES string of the molecule is CCOC(=O)NC1CC(CC)CN(C(=O)C(CC)CC)C1. The van der Waals surface area contributed by atoms with E-state index in [2.05, 4.69) is 26.1 Å². The standard InChI is InChI=1S/C16H30N2O3/c1-5-12-9-14(17-16(20)21-8-4)11-18(10-12)15(19)13(6-2)7-3/h12-14H,5-11H2,1-4H3,(H,17,20). The maximum atomic E-state index is 12.6. The molecule has 1 saturated heterocycles. The number of carbonyl (C=O) groups is 2. The maximum absolute atomic E-state index is 12.6. The summed E-state index contributed by atoms with van der Waals surface area (Å²) >= 11 is 0. The Balaban J connectivity index is 2.68. The Kier molecular flexibility index (Phi) is 7.54. The van der Waals surface area contributed by atoms with E-state index in [0.29, 0.717) is 19.1 Å². The Bertz CT molecular complexity index is 342. The number of piperidine rings is 1. The Hall–Kier alpha value is -1.26. The van der Waals surface area contributed by atoms with Gasteiger partial charge in [0, 0.05) is 19.0 Å². The molecule has 2 amide bonds. The number of ether oxygens (including phenoxy) is 1. The molecule has 1 rings (SSSR count). The number of nitrogens with zero attached hydrogens (tertiary/aromatic N) is 1. The summed E-state index contributed by atoms with van der Waals surface area (Å²) in [6, 6.07) is 0.000984. The molecule has 1 heterocycles. The summed E-state index contributed by atoms with van der Waals surface area (Å²) in [5.74, 6) is 0.779. The van der Waals surface area contributed by atoms with E-state index < -0.39 is 0 Å². The topological polar surface area (TPSA) is 58.6 Å². The smallest absolute Gasteiger partial charge is 0.407 e. The van der Waals surface area contributed by atoms with E-state index in [-0.39, 0.29) is 24.0 Å². The van der Waals surface area contributed by atoms with Gasteiger partial charge in [0.1, 0.15) is 0 Å².